The van der Waals surface area contributed by atoms with Gasteiger partial charge >= 0.3 is 0 Å². The second-order valence-corrected chi connectivity index (χ2v) is 6.56. The van der Waals surface area contributed by atoms with Gasteiger partial charge in [0.25, 0.3) is 5.91 Å². The first-order valence-electron chi connectivity index (χ1n) is 8.66. The van der Waals surface area contributed by atoms with Gasteiger partial charge in [0, 0.05) is 19.0 Å². The highest BCUT2D eigenvalue weighted by Gasteiger charge is 2.30. The topological polar surface area (TPSA) is 51.0 Å². The Balaban J connectivity index is 1.53. The normalized spacial score (nSPS) is 16.8. The third kappa shape index (κ3) is 2.98. The van der Waals surface area contributed by atoms with Crippen LogP contribution < -0.4 is 0 Å². The highest BCUT2D eigenvalue weighted by molar-refractivity contribution is 5.93. The van der Waals surface area contributed by atoms with Gasteiger partial charge in [0.2, 0.25) is 0 Å². The molecule has 1 aromatic heterocycles. The van der Waals surface area contributed by atoms with E-state index in [1.165, 1.54) is 17.7 Å². The smallest absolute Gasteiger partial charge is 0.276 e. The molecule has 26 heavy (non-hydrogen) atoms. The number of amides is 1. The van der Waals surface area contributed by atoms with E-state index in [0.717, 1.165) is 6.42 Å². The van der Waals surface area contributed by atoms with E-state index in [4.69, 9.17) is 0 Å². The zero-order valence-electron chi connectivity index (χ0n) is 14.5. The fraction of sp³-hybridized carbons (Fsp3) is 0.250. The minimum Gasteiger partial charge on any atom is -0.337 e. The van der Waals surface area contributed by atoms with Crippen molar-refractivity contribution in [2.75, 3.05) is 13.1 Å². The van der Waals surface area contributed by atoms with Gasteiger partial charge in [-0.05, 0) is 43.2 Å². The van der Waals surface area contributed by atoms with E-state index in [1.807, 2.05) is 23.1 Å². The molecule has 5 nitrogen and oxygen atoms in total. The number of hydrogen-bond acceptors (Lipinski definition) is 3. The van der Waals surface area contributed by atoms with E-state index < -0.39 is 0 Å². The van der Waals surface area contributed by atoms with E-state index in [-0.39, 0.29) is 11.7 Å². The maximum absolute atomic E-state index is 13.1. The zero-order chi connectivity index (χ0) is 18.1. The lowest BCUT2D eigenvalue weighted by molar-refractivity contribution is 0.0784. The Kier molecular flexibility index (Phi) is 4.24. The van der Waals surface area contributed by atoms with Crippen molar-refractivity contribution in [1.82, 2.24) is 19.9 Å². The summed E-state index contributed by atoms with van der Waals surface area (Å²) in [5, 5.41) is 8.17. The molecule has 132 valence electrons. The summed E-state index contributed by atoms with van der Waals surface area (Å²) >= 11 is 0. The van der Waals surface area contributed by atoms with Gasteiger partial charge in [0.15, 0.2) is 5.69 Å². The maximum Gasteiger partial charge on any atom is 0.276 e. The fourth-order valence-electron chi connectivity index (χ4n) is 3.45. The number of carbonyl (C=O) groups is 1. The number of likely N-dealkylation sites (tertiary alicyclic amines) is 1. The average molecular weight is 350 g/mol. The van der Waals surface area contributed by atoms with E-state index >= 15 is 0 Å². The van der Waals surface area contributed by atoms with Crippen molar-refractivity contribution in [3.8, 4) is 5.69 Å². The summed E-state index contributed by atoms with van der Waals surface area (Å²) in [6.45, 7) is 3.20. The molecule has 1 unspecified atom stereocenters. The molecule has 1 aliphatic rings. The van der Waals surface area contributed by atoms with Crippen LogP contribution in [0.5, 0.6) is 0 Å². The largest absolute Gasteiger partial charge is 0.337 e. The fourth-order valence-corrected chi connectivity index (χ4v) is 3.45. The molecule has 4 rings (SSSR count). The molecule has 2 aromatic carbocycles. The van der Waals surface area contributed by atoms with Crippen LogP contribution in [0.4, 0.5) is 4.39 Å². The van der Waals surface area contributed by atoms with Crippen molar-refractivity contribution in [1.29, 1.82) is 0 Å². The van der Waals surface area contributed by atoms with Gasteiger partial charge < -0.3 is 4.90 Å². The molecular weight excluding hydrogens is 331 g/mol. The molecule has 0 saturated carbocycles. The number of aromatic nitrogens is 3. The lowest BCUT2D eigenvalue weighted by Gasteiger charge is -2.15. The number of halogens is 1. The lowest BCUT2D eigenvalue weighted by Crippen LogP contribution is -2.29. The Morgan fingerprint density at radius 1 is 1.12 bits per heavy atom. The number of carbonyl (C=O) groups excluding carboxylic acids is 1. The quantitative estimate of drug-likeness (QED) is 0.728. The van der Waals surface area contributed by atoms with Crippen molar-refractivity contribution in [3.05, 3.63) is 77.4 Å². The lowest BCUT2D eigenvalue weighted by atomic mass is 9.99. The van der Waals surface area contributed by atoms with Crippen molar-refractivity contribution in [2.45, 2.75) is 19.3 Å². The minimum absolute atomic E-state index is 0.103. The molecule has 3 aromatic rings. The molecule has 1 aliphatic heterocycles. The Bertz CT molecular complexity index is 921. The van der Waals surface area contributed by atoms with Crippen molar-refractivity contribution in [2.24, 2.45) is 0 Å². The number of benzene rings is 2. The van der Waals surface area contributed by atoms with Crippen LogP contribution in [0.1, 0.15) is 34.1 Å². The van der Waals surface area contributed by atoms with Gasteiger partial charge in [-0.2, -0.15) is 0 Å². The van der Waals surface area contributed by atoms with Crippen LogP contribution in [-0.4, -0.2) is 38.9 Å². The van der Waals surface area contributed by atoms with E-state index in [9.17, 15) is 9.18 Å². The Morgan fingerprint density at radius 2 is 1.85 bits per heavy atom. The van der Waals surface area contributed by atoms with Crippen LogP contribution in [0.3, 0.4) is 0 Å². The first kappa shape index (κ1) is 16.4. The standard InChI is InChI=1S/C20H19FN4O/c1-14-19(22-23-25(14)18-9-7-17(21)8-10-18)20(26)24-12-11-16(13-24)15-5-3-2-4-6-15/h2-10,16H,11-13H2,1H3. The number of hydrogen-bond donors (Lipinski definition) is 0. The molecule has 0 radical (unpaired) electrons. The Morgan fingerprint density at radius 3 is 2.58 bits per heavy atom. The van der Waals surface area contributed by atoms with Crippen molar-refractivity contribution < 1.29 is 9.18 Å². The predicted octanol–water partition coefficient (Wildman–Crippen LogP) is 3.34. The van der Waals surface area contributed by atoms with E-state index in [1.54, 1.807) is 23.7 Å². The summed E-state index contributed by atoms with van der Waals surface area (Å²) < 4.78 is 14.7. The first-order valence-corrected chi connectivity index (χ1v) is 8.66. The van der Waals surface area contributed by atoms with Crippen LogP contribution >= 0.6 is 0 Å². The van der Waals surface area contributed by atoms with E-state index in [0.29, 0.717) is 36.1 Å². The van der Waals surface area contributed by atoms with Crippen LogP contribution in [0.15, 0.2) is 54.6 Å². The predicted molar refractivity (Wildman–Crippen MR) is 95.8 cm³/mol. The summed E-state index contributed by atoms with van der Waals surface area (Å²) in [5.41, 5.74) is 2.95. The van der Waals surface area contributed by atoms with E-state index in [2.05, 4.69) is 22.4 Å². The monoisotopic (exact) mass is 350 g/mol. The number of nitrogens with zero attached hydrogens (tertiary/aromatic N) is 4. The Labute approximate surface area is 151 Å². The molecule has 0 spiro atoms. The third-order valence-electron chi connectivity index (χ3n) is 4.91. The molecule has 0 N–H and O–H groups in total. The van der Waals surface area contributed by atoms with Gasteiger partial charge in [0.1, 0.15) is 5.82 Å². The van der Waals surface area contributed by atoms with Crippen molar-refractivity contribution >= 4 is 5.91 Å². The highest BCUT2D eigenvalue weighted by Crippen LogP contribution is 2.28. The van der Waals surface area contributed by atoms with Gasteiger partial charge in [-0.1, -0.05) is 35.5 Å². The summed E-state index contributed by atoms with van der Waals surface area (Å²) in [7, 11) is 0. The molecule has 6 heteroatoms. The van der Waals surface area contributed by atoms with Gasteiger partial charge in [-0.3, -0.25) is 4.79 Å². The summed E-state index contributed by atoms with van der Waals surface area (Å²) in [6, 6.07) is 16.2. The molecular formula is C20H19FN4O. The maximum atomic E-state index is 13.1. The zero-order valence-corrected chi connectivity index (χ0v) is 14.5. The van der Waals surface area contributed by atoms with Gasteiger partial charge in [0.05, 0.1) is 11.4 Å². The molecule has 0 bridgehead atoms. The molecule has 1 saturated heterocycles. The Hall–Kier alpha value is -3.02. The molecule has 1 atom stereocenters. The number of rotatable bonds is 3. The summed E-state index contributed by atoms with van der Waals surface area (Å²) in [6.07, 6.45) is 0.945. The molecule has 1 fully saturated rings. The average Bonchev–Trinajstić information content (AvgIpc) is 3.30. The van der Waals surface area contributed by atoms with Crippen LogP contribution in [0.25, 0.3) is 5.69 Å². The molecule has 0 aliphatic carbocycles. The van der Waals surface area contributed by atoms with Crippen LogP contribution in [-0.2, 0) is 0 Å². The molecule has 1 amide bonds. The minimum atomic E-state index is -0.313. The van der Waals surface area contributed by atoms with Gasteiger partial charge in [-0.15, -0.1) is 5.10 Å². The third-order valence-corrected chi connectivity index (χ3v) is 4.91. The second-order valence-electron chi connectivity index (χ2n) is 6.56. The molecule has 2 heterocycles. The SMILES string of the molecule is Cc1c(C(=O)N2CCC(c3ccccc3)C2)nnn1-c1ccc(F)cc1. The summed E-state index contributed by atoms with van der Waals surface area (Å²) in [4.78, 5) is 14.7. The van der Waals surface area contributed by atoms with Crippen molar-refractivity contribution in [3.63, 3.8) is 0 Å². The van der Waals surface area contributed by atoms with Gasteiger partial charge in [-0.25, -0.2) is 9.07 Å². The van der Waals surface area contributed by atoms with Crippen LogP contribution in [0.2, 0.25) is 0 Å². The first-order chi connectivity index (χ1) is 12.6. The summed E-state index contributed by atoms with van der Waals surface area (Å²) in [5.74, 6) is -0.0614. The highest BCUT2D eigenvalue weighted by atomic mass is 19.1. The second kappa shape index (κ2) is 6.71. The van der Waals surface area contributed by atoms with Crippen LogP contribution in [0, 0.1) is 12.7 Å².